The van der Waals surface area contributed by atoms with Crippen molar-refractivity contribution in [3.05, 3.63) is 118 Å². The fraction of sp³-hybridized carbons (Fsp3) is 0.265. The molecule has 8 nitrogen and oxygen atoms in total. The number of rotatable bonds is 10. The SMILES string of the molecule is CCOC(=O)C1=C(C)N=c2s/c(=C\c3cc(Cl)c(OCc4ccccc4)c(Br)c3)c(=O)n2[C@H]1c1ccc(OC(C)C)c(OC)c1. The van der Waals surface area contributed by atoms with Gasteiger partial charge >= 0.3 is 5.97 Å². The third kappa shape index (κ3) is 7.03. The molecule has 0 saturated carbocycles. The summed E-state index contributed by atoms with van der Waals surface area (Å²) in [5.74, 6) is 1.00. The predicted octanol–water partition coefficient (Wildman–Crippen LogP) is 6.59. The molecule has 0 fully saturated rings. The first-order valence-electron chi connectivity index (χ1n) is 14.3. The molecule has 1 aliphatic heterocycles. The largest absolute Gasteiger partial charge is 0.493 e. The fourth-order valence-corrected chi connectivity index (χ4v) is 7.03. The van der Waals surface area contributed by atoms with Crippen molar-refractivity contribution in [1.29, 1.82) is 0 Å². The van der Waals surface area contributed by atoms with E-state index in [1.54, 1.807) is 45.2 Å². The summed E-state index contributed by atoms with van der Waals surface area (Å²) in [4.78, 5) is 32.5. The minimum absolute atomic E-state index is 0.0716. The van der Waals surface area contributed by atoms with E-state index < -0.39 is 12.0 Å². The molecule has 0 bridgehead atoms. The minimum Gasteiger partial charge on any atom is -0.493 e. The molecule has 0 amide bonds. The first kappa shape index (κ1) is 32.5. The Labute approximate surface area is 278 Å². The Hall–Kier alpha value is -3.86. The standard InChI is InChI=1S/C34H32BrClN2O6S/c1-6-42-33(40)29-20(4)37-34-38(30(29)23-12-13-26(44-19(2)3)27(17-23)41-5)32(39)28(45-34)16-22-14-24(35)31(25(36)15-22)43-18-21-10-8-7-9-11-21/h7-17,19,30H,6,18H2,1-5H3/b28-16-/t30-/m0/s1. The molecule has 11 heteroatoms. The molecule has 5 rings (SSSR count). The number of benzene rings is 3. The number of hydrogen-bond donors (Lipinski definition) is 0. The molecule has 0 spiro atoms. The first-order chi connectivity index (χ1) is 21.6. The number of ether oxygens (including phenoxy) is 4. The third-order valence-corrected chi connectivity index (χ3v) is 8.78. The highest BCUT2D eigenvalue weighted by Crippen LogP contribution is 2.37. The molecular formula is C34H32BrClN2O6S. The van der Waals surface area contributed by atoms with Gasteiger partial charge in [-0.25, -0.2) is 9.79 Å². The molecule has 0 N–H and O–H groups in total. The second kappa shape index (κ2) is 14.1. The van der Waals surface area contributed by atoms with Crippen molar-refractivity contribution < 1.29 is 23.7 Å². The highest BCUT2D eigenvalue weighted by atomic mass is 79.9. The molecule has 0 radical (unpaired) electrons. The topological polar surface area (TPSA) is 88.4 Å². The lowest BCUT2D eigenvalue weighted by Crippen LogP contribution is -2.40. The number of halogens is 2. The van der Waals surface area contributed by atoms with Gasteiger partial charge in [0.2, 0.25) is 0 Å². The highest BCUT2D eigenvalue weighted by molar-refractivity contribution is 9.10. The van der Waals surface area contributed by atoms with Crippen molar-refractivity contribution in [2.75, 3.05) is 13.7 Å². The zero-order valence-electron chi connectivity index (χ0n) is 25.4. The number of nitrogens with zero attached hydrogens (tertiary/aromatic N) is 2. The number of esters is 1. The van der Waals surface area contributed by atoms with Crippen LogP contribution < -0.4 is 29.1 Å². The van der Waals surface area contributed by atoms with Gasteiger partial charge in [0, 0.05) is 0 Å². The fourth-order valence-electron chi connectivity index (χ4n) is 4.99. The summed E-state index contributed by atoms with van der Waals surface area (Å²) in [5.41, 5.74) is 2.80. The van der Waals surface area contributed by atoms with Gasteiger partial charge in [-0.05, 0) is 90.7 Å². The number of methoxy groups -OCH3 is 1. The summed E-state index contributed by atoms with van der Waals surface area (Å²) >= 11 is 11.4. The molecular weight excluding hydrogens is 680 g/mol. The average Bonchev–Trinajstić information content (AvgIpc) is 3.30. The number of allylic oxidation sites excluding steroid dienone is 1. The number of aromatic nitrogens is 1. The minimum atomic E-state index is -0.798. The van der Waals surface area contributed by atoms with Crippen molar-refractivity contribution in [3.8, 4) is 17.2 Å². The smallest absolute Gasteiger partial charge is 0.338 e. The van der Waals surface area contributed by atoms with Crippen LogP contribution in [0.3, 0.4) is 0 Å². The van der Waals surface area contributed by atoms with Crippen LogP contribution in [0.4, 0.5) is 0 Å². The lowest BCUT2D eigenvalue weighted by Gasteiger charge is -2.25. The summed E-state index contributed by atoms with van der Waals surface area (Å²) in [6, 6.07) is 18.0. The van der Waals surface area contributed by atoms with Crippen LogP contribution >= 0.6 is 38.9 Å². The third-order valence-electron chi connectivity index (χ3n) is 6.93. The Morgan fingerprint density at radius 3 is 2.56 bits per heavy atom. The summed E-state index contributed by atoms with van der Waals surface area (Å²) in [6.45, 7) is 7.86. The normalized spacial score (nSPS) is 14.7. The van der Waals surface area contributed by atoms with E-state index >= 15 is 0 Å². The summed E-state index contributed by atoms with van der Waals surface area (Å²) < 4.78 is 25.5. The van der Waals surface area contributed by atoms with E-state index in [2.05, 4.69) is 20.9 Å². The monoisotopic (exact) mass is 710 g/mol. The van der Waals surface area contributed by atoms with Crippen LogP contribution in [0.1, 0.15) is 50.4 Å². The highest BCUT2D eigenvalue weighted by Gasteiger charge is 2.34. The molecule has 1 aromatic heterocycles. The van der Waals surface area contributed by atoms with Crippen LogP contribution in [-0.2, 0) is 16.1 Å². The summed E-state index contributed by atoms with van der Waals surface area (Å²) in [5, 5.41) is 0.397. The predicted molar refractivity (Wildman–Crippen MR) is 179 cm³/mol. The summed E-state index contributed by atoms with van der Waals surface area (Å²) in [7, 11) is 1.55. The lowest BCUT2D eigenvalue weighted by molar-refractivity contribution is -0.139. The number of carbonyl (C=O) groups is 1. The van der Waals surface area contributed by atoms with E-state index in [9.17, 15) is 9.59 Å². The molecule has 3 aromatic carbocycles. The molecule has 0 unspecified atom stereocenters. The van der Waals surface area contributed by atoms with E-state index in [1.165, 1.54) is 15.9 Å². The molecule has 0 aliphatic carbocycles. The number of hydrogen-bond acceptors (Lipinski definition) is 8. The van der Waals surface area contributed by atoms with Crippen molar-refractivity contribution in [3.63, 3.8) is 0 Å². The van der Waals surface area contributed by atoms with Crippen LogP contribution in [0.5, 0.6) is 17.2 Å². The number of thiazole rings is 1. The van der Waals surface area contributed by atoms with Crippen LogP contribution in [0.15, 0.2) is 86.2 Å². The van der Waals surface area contributed by atoms with Crippen LogP contribution in [-0.4, -0.2) is 30.4 Å². The van der Waals surface area contributed by atoms with Gasteiger partial charge in [-0.3, -0.25) is 9.36 Å². The van der Waals surface area contributed by atoms with E-state index in [0.29, 0.717) is 59.5 Å². The lowest BCUT2D eigenvalue weighted by atomic mass is 9.95. The second-order valence-corrected chi connectivity index (χ2v) is 12.7. The van der Waals surface area contributed by atoms with E-state index in [0.717, 1.165) is 5.56 Å². The van der Waals surface area contributed by atoms with Crippen LogP contribution in [0.2, 0.25) is 5.02 Å². The quantitative estimate of drug-likeness (QED) is 0.173. The van der Waals surface area contributed by atoms with Gasteiger partial charge in [-0.15, -0.1) is 0 Å². The van der Waals surface area contributed by atoms with E-state index in [4.69, 9.17) is 30.5 Å². The Bertz CT molecular complexity index is 1930. The number of fused-ring (bicyclic) bond motifs is 1. The van der Waals surface area contributed by atoms with Crippen LogP contribution in [0.25, 0.3) is 6.08 Å². The molecule has 2 heterocycles. The Balaban J connectivity index is 1.59. The Morgan fingerprint density at radius 2 is 1.89 bits per heavy atom. The Morgan fingerprint density at radius 1 is 1.13 bits per heavy atom. The van der Waals surface area contributed by atoms with Crippen molar-refractivity contribution in [2.24, 2.45) is 4.99 Å². The van der Waals surface area contributed by atoms with Crippen molar-refractivity contribution in [2.45, 2.75) is 46.4 Å². The first-order valence-corrected chi connectivity index (χ1v) is 16.3. The van der Waals surface area contributed by atoms with Gasteiger partial charge in [0.25, 0.3) is 5.56 Å². The molecule has 1 atom stereocenters. The average molecular weight is 712 g/mol. The maximum absolute atomic E-state index is 14.1. The van der Waals surface area contributed by atoms with Crippen LogP contribution in [0, 0.1) is 0 Å². The second-order valence-electron chi connectivity index (χ2n) is 10.5. The van der Waals surface area contributed by atoms with Gasteiger partial charge in [0.1, 0.15) is 6.61 Å². The van der Waals surface area contributed by atoms with E-state index in [1.807, 2.05) is 56.3 Å². The molecule has 4 aromatic rings. The molecule has 234 valence electrons. The Kier molecular flexibility index (Phi) is 10.2. The maximum atomic E-state index is 14.1. The summed E-state index contributed by atoms with van der Waals surface area (Å²) in [6.07, 6.45) is 1.68. The van der Waals surface area contributed by atoms with Gasteiger partial charge in [0.05, 0.1) is 51.2 Å². The van der Waals surface area contributed by atoms with Crippen molar-refractivity contribution >= 4 is 50.9 Å². The number of carbonyl (C=O) groups excluding carboxylic acids is 1. The molecule has 1 aliphatic rings. The molecule has 45 heavy (non-hydrogen) atoms. The van der Waals surface area contributed by atoms with E-state index in [-0.39, 0.29) is 23.8 Å². The zero-order chi connectivity index (χ0) is 32.2. The van der Waals surface area contributed by atoms with Gasteiger partial charge in [-0.2, -0.15) is 0 Å². The van der Waals surface area contributed by atoms with Gasteiger partial charge in [-0.1, -0.05) is 59.3 Å². The zero-order valence-corrected chi connectivity index (χ0v) is 28.6. The van der Waals surface area contributed by atoms with Crippen molar-refractivity contribution in [1.82, 2.24) is 4.57 Å². The van der Waals surface area contributed by atoms with Gasteiger partial charge < -0.3 is 18.9 Å². The van der Waals surface area contributed by atoms with Gasteiger partial charge in [0.15, 0.2) is 22.0 Å². The maximum Gasteiger partial charge on any atom is 0.338 e. The molecule has 0 saturated heterocycles.